The minimum atomic E-state index is -0.437. The molecule has 0 spiro atoms. The zero-order chi connectivity index (χ0) is 18.8. The standard InChI is InChI=1S/C22H14ClNO3/c23-15-9-7-14(8-10-15)20-17-5-1-2-6-18(17)24-22(26)21(20)19(25)12-11-16-4-3-13-27-16/h1-13H,(H,24,26)/b12-11+. The van der Waals surface area contributed by atoms with E-state index in [9.17, 15) is 9.59 Å². The van der Waals surface area contributed by atoms with E-state index in [2.05, 4.69) is 4.98 Å². The van der Waals surface area contributed by atoms with E-state index in [4.69, 9.17) is 16.0 Å². The van der Waals surface area contributed by atoms with Crippen molar-refractivity contribution in [1.29, 1.82) is 0 Å². The molecule has 132 valence electrons. The molecular weight excluding hydrogens is 362 g/mol. The second-order valence-electron chi connectivity index (χ2n) is 5.97. The van der Waals surface area contributed by atoms with Crippen LogP contribution in [0.15, 0.2) is 82.2 Å². The quantitative estimate of drug-likeness (QED) is 0.387. The molecule has 1 N–H and O–H groups in total. The van der Waals surface area contributed by atoms with Gasteiger partial charge in [-0.1, -0.05) is 41.9 Å². The van der Waals surface area contributed by atoms with E-state index in [1.165, 1.54) is 12.3 Å². The lowest BCUT2D eigenvalue weighted by molar-refractivity contribution is 0.104. The number of aromatic amines is 1. The fraction of sp³-hybridized carbons (Fsp3) is 0. The van der Waals surface area contributed by atoms with Gasteiger partial charge >= 0.3 is 0 Å². The number of pyridine rings is 1. The van der Waals surface area contributed by atoms with Crippen molar-refractivity contribution in [3.63, 3.8) is 0 Å². The van der Waals surface area contributed by atoms with E-state index < -0.39 is 11.3 Å². The minimum absolute atomic E-state index is 0.0822. The topological polar surface area (TPSA) is 63.1 Å². The average Bonchev–Trinajstić information content (AvgIpc) is 3.19. The zero-order valence-corrected chi connectivity index (χ0v) is 14.9. The predicted octanol–water partition coefficient (Wildman–Crippen LogP) is 5.34. The monoisotopic (exact) mass is 375 g/mol. The van der Waals surface area contributed by atoms with Crippen molar-refractivity contribution < 1.29 is 9.21 Å². The van der Waals surface area contributed by atoms with Crippen LogP contribution in [0, 0.1) is 0 Å². The Morgan fingerprint density at radius 3 is 2.52 bits per heavy atom. The fourth-order valence-corrected chi connectivity index (χ4v) is 3.15. The van der Waals surface area contributed by atoms with Gasteiger partial charge in [0.15, 0.2) is 5.78 Å². The second-order valence-corrected chi connectivity index (χ2v) is 6.41. The van der Waals surface area contributed by atoms with E-state index in [1.807, 2.05) is 24.3 Å². The number of halogens is 1. The molecule has 4 aromatic rings. The number of carbonyl (C=O) groups is 1. The van der Waals surface area contributed by atoms with Crippen molar-refractivity contribution in [3.05, 3.63) is 99.7 Å². The van der Waals surface area contributed by atoms with Gasteiger partial charge in [-0.2, -0.15) is 0 Å². The summed E-state index contributed by atoms with van der Waals surface area (Å²) in [6.07, 6.45) is 4.41. The number of allylic oxidation sites excluding steroid dienone is 1. The Bertz CT molecular complexity index is 1200. The molecule has 0 fully saturated rings. The van der Waals surface area contributed by atoms with E-state index in [-0.39, 0.29) is 5.56 Å². The van der Waals surface area contributed by atoms with Gasteiger partial charge < -0.3 is 9.40 Å². The first kappa shape index (κ1) is 17.1. The molecule has 2 heterocycles. The van der Waals surface area contributed by atoms with Crippen LogP contribution in [0.5, 0.6) is 0 Å². The molecule has 27 heavy (non-hydrogen) atoms. The number of ketones is 1. The summed E-state index contributed by atoms with van der Waals surface area (Å²) in [5.41, 5.74) is 1.64. The lowest BCUT2D eigenvalue weighted by Crippen LogP contribution is -2.18. The average molecular weight is 376 g/mol. The summed E-state index contributed by atoms with van der Waals surface area (Å²) < 4.78 is 5.21. The summed E-state index contributed by atoms with van der Waals surface area (Å²) >= 11 is 6.00. The Hall–Kier alpha value is -3.37. The number of carbonyl (C=O) groups excluding carboxylic acids is 1. The molecule has 0 bridgehead atoms. The number of nitrogens with one attached hydrogen (secondary N) is 1. The maximum Gasteiger partial charge on any atom is 0.260 e. The van der Waals surface area contributed by atoms with Crippen LogP contribution in [0.1, 0.15) is 16.1 Å². The summed E-state index contributed by atoms with van der Waals surface area (Å²) in [5, 5.41) is 1.37. The predicted molar refractivity (Wildman–Crippen MR) is 107 cm³/mol. The third kappa shape index (κ3) is 3.35. The summed E-state index contributed by atoms with van der Waals surface area (Å²) in [7, 11) is 0. The van der Waals surface area contributed by atoms with Gasteiger partial charge in [-0.3, -0.25) is 9.59 Å². The molecule has 0 aliphatic heterocycles. The number of benzene rings is 2. The summed E-state index contributed by atoms with van der Waals surface area (Å²) in [5.74, 6) is 0.136. The number of aromatic nitrogens is 1. The van der Waals surface area contributed by atoms with Crippen LogP contribution < -0.4 is 5.56 Å². The molecule has 0 saturated heterocycles. The first-order valence-electron chi connectivity index (χ1n) is 8.30. The maximum atomic E-state index is 12.9. The van der Waals surface area contributed by atoms with Crippen LogP contribution in [-0.4, -0.2) is 10.8 Å². The zero-order valence-electron chi connectivity index (χ0n) is 14.1. The molecule has 2 aromatic heterocycles. The molecule has 0 saturated carbocycles. The van der Waals surface area contributed by atoms with Crippen LogP contribution in [-0.2, 0) is 0 Å². The number of hydrogen-bond acceptors (Lipinski definition) is 3. The molecular formula is C22H14ClNO3. The summed E-state index contributed by atoms with van der Waals surface area (Å²) in [4.78, 5) is 28.4. The van der Waals surface area contributed by atoms with Crippen LogP contribution >= 0.6 is 11.6 Å². The Labute approximate surface area is 159 Å². The van der Waals surface area contributed by atoms with Crippen molar-refractivity contribution in [2.75, 3.05) is 0 Å². The van der Waals surface area contributed by atoms with Gasteiger partial charge in [-0.15, -0.1) is 0 Å². The molecule has 5 heteroatoms. The van der Waals surface area contributed by atoms with Crippen molar-refractivity contribution >= 4 is 34.4 Å². The molecule has 2 aromatic carbocycles. The molecule has 0 aliphatic rings. The molecule has 0 unspecified atom stereocenters. The van der Waals surface area contributed by atoms with Crippen molar-refractivity contribution in [2.24, 2.45) is 0 Å². The van der Waals surface area contributed by atoms with Crippen molar-refractivity contribution in [2.45, 2.75) is 0 Å². The summed E-state index contributed by atoms with van der Waals surface area (Å²) in [6.45, 7) is 0. The smallest absolute Gasteiger partial charge is 0.260 e. The van der Waals surface area contributed by atoms with Gasteiger partial charge in [0.05, 0.1) is 11.8 Å². The molecule has 0 atom stereocenters. The first-order chi connectivity index (χ1) is 13.1. The van der Waals surface area contributed by atoms with Gasteiger partial charge in [-0.05, 0) is 48.0 Å². The van der Waals surface area contributed by atoms with E-state index in [0.29, 0.717) is 21.9 Å². The van der Waals surface area contributed by atoms with Crippen LogP contribution in [0.2, 0.25) is 5.02 Å². The van der Waals surface area contributed by atoms with Gasteiger partial charge in [-0.25, -0.2) is 0 Å². The molecule has 0 radical (unpaired) electrons. The highest BCUT2D eigenvalue weighted by Crippen LogP contribution is 2.30. The van der Waals surface area contributed by atoms with Gasteiger partial charge in [0, 0.05) is 21.5 Å². The van der Waals surface area contributed by atoms with E-state index in [1.54, 1.807) is 42.5 Å². The largest absolute Gasteiger partial charge is 0.465 e. The maximum absolute atomic E-state index is 12.9. The lowest BCUT2D eigenvalue weighted by Gasteiger charge is -2.11. The minimum Gasteiger partial charge on any atom is -0.465 e. The highest BCUT2D eigenvalue weighted by atomic mass is 35.5. The van der Waals surface area contributed by atoms with Gasteiger partial charge in [0.2, 0.25) is 0 Å². The molecule has 0 aliphatic carbocycles. The Balaban J connectivity index is 1.95. The first-order valence-corrected chi connectivity index (χ1v) is 8.68. The number of para-hydroxylation sites is 1. The number of H-pyrrole nitrogens is 1. The second kappa shape index (κ2) is 7.09. The Morgan fingerprint density at radius 2 is 1.78 bits per heavy atom. The molecule has 0 amide bonds. The Morgan fingerprint density at radius 1 is 1.00 bits per heavy atom. The third-order valence-corrected chi connectivity index (χ3v) is 4.50. The van der Waals surface area contributed by atoms with Gasteiger partial charge in [0.1, 0.15) is 5.76 Å². The number of hydrogen-bond donors (Lipinski definition) is 1. The van der Waals surface area contributed by atoms with E-state index >= 15 is 0 Å². The van der Waals surface area contributed by atoms with Crippen molar-refractivity contribution in [3.8, 4) is 11.1 Å². The van der Waals surface area contributed by atoms with Crippen LogP contribution in [0.25, 0.3) is 28.1 Å². The molecule has 4 rings (SSSR count). The van der Waals surface area contributed by atoms with E-state index in [0.717, 1.165) is 10.9 Å². The summed E-state index contributed by atoms with van der Waals surface area (Å²) in [6, 6.07) is 17.9. The highest BCUT2D eigenvalue weighted by Gasteiger charge is 2.19. The Kier molecular flexibility index (Phi) is 4.48. The van der Waals surface area contributed by atoms with Crippen LogP contribution in [0.3, 0.4) is 0 Å². The van der Waals surface area contributed by atoms with Crippen molar-refractivity contribution in [1.82, 2.24) is 4.98 Å². The van der Waals surface area contributed by atoms with Crippen LogP contribution in [0.4, 0.5) is 0 Å². The number of fused-ring (bicyclic) bond motifs is 1. The SMILES string of the molecule is O=C(/C=C/c1ccco1)c1c(-c2ccc(Cl)cc2)c2ccccc2[nH]c1=O. The van der Waals surface area contributed by atoms with Gasteiger partial charge in [0.25, 0.3) is 5.56 Å². The lowest BCUT2D eigenvalue weighted by atomic mass is 9.94. The highest BCUT2D eigenvalue weighted by molar-refractivity contribution is 6.30. The third-order valence-electron chi connectivity index (χ3n) is 4.24. The number of furan rings is 1. The normalized spacial score (nSPS) is 11.3. The molecule has 4 nitrogen and oxygen atoms in total. The fourth-order valence-electron chi connectivity index (χ4n) is 3.02. The number of rotatable bonds is 4.